The fraction of sp³-hybridized carbons (Fsp3) is 0.571. The first-order chi connectivity index (χ1) is 5.11. The summed E-state index contributed by atoms with van der Waals surface area (Å²) in [6.07, 6.45) is 0.805. The van der Waals surface area contributed by atoms with Crippen molar-refractivity contribution in [2.75, 3.05) is 5.73 Å². The Morgan fingerprint density at radius 3 is 2.64 bits per heavy atom. The Bertz CT molecular complexity index is 245. The predicted molar refractivity (Wildman–Crippen MR) is 44.5 cm³/mol. The molecule has 0 radical (unpaired) electrons. The lowest BCUT2D eigenvalue weighted by Gasteiger charge is -1.98. The highest BCUT2D eigenvalue weighted by atomic mass is 35.5. The Labute approximate surface area is 70.5 Å². The summed E-state index contributed by atoms with van der Waals surface area (Å²) >= 11 is 5.77. The lowest BCUT2D eigenvalue weighted by molar-refractivity contribution is 0.422. The van der Waals surface area contributed by atoms with Gasteiger partial charge in [0, 0.05) is 0 Å². The molecule has 3 nitrogen and oxygen atoms in total. The van der Waals surface area contributed by atoms with Crippen molar-refractivity contribution in [1.29, 1.82) is 0 Å². The average Bonchev–Trinajstić information content (AvgIpc) is 2.18. The van der Waals surface area contributed by atoms with E-state index in [2.05, 4.69) is 19.0 Å². The molecule has 0 unspecified atom stereocenters. The van der Waals surface area contributed by atoms with Crippen LogP contribution < -0.4 is 5.73 Å². The molecule has 0 saturated carbocycles. The van der Waals surface area contributed by atoms with E-state index in [0.29, 0.717) is 10.9 Å². The fourth-order valence-corrected chi connectivity index (χ4v) is 0.986. The van der Waals surface area contributed by atoms with Crippen LogP contribution in [0.3, 0.4) is 0 Å². The lowest BCUT2D eigenvalue weighted by Crippen LogP contribution is -1.94. The Kier molecular flexibility index (Phi) is 2.39. The molecule has 0 saturated heterocycles. The molecule has 1 aromatic heterocycles. The highest BCUT2D eigenvalue weighted by Gasteiger charge is 2.11. The van der Waals surface area contributed by atoms with Crippen LogP contribution in [0.1, 0.15) is 19.5 Å². The molecule has 0 aliphatic carbocycles. The minimum Gasteiger partial charge on any atom is -0.366 e. The molecular weight excluding hydrogens is 164 g/mol. The van der Waals surface area contributed by atoms with E-state index < -0.39 is 0 Å². The molecule has 0 atom stereocenters. The zero-order valence-electron chi connectivity index (χ0n) is 6.60. The van der Waals surface area contributed by atoms with E-state index in [0.717, 1.165) is 12.1 Å². The van der Waals surface area contributed by atoms with Crippen LogP contribution in [0.4, 0.5) is 5.88 Å². The first-order valence-electron chi connectivity index (χ1n) is 3.50. The maximum Gasteiger partial charge on any atom is 0.241 e. The molecule has 62 valence electrons. The summed E-state index contributed by atoms with van der Waals surface area (Å²) in [7, 11) is 0. The number of nitrogen functional groups attached to an aromatic ring is 1. The third kappa shape index (κ3) is 1.87. The molecule has 11 heavy (non-hydrogen) atoms. The van der Waals surface area contributed by atoms with Gasteiger partial charge in [-0.3, -0.25) is 0 Å². The summed E-state index contributed by atoms with van der Waals surface area (Å²) in [6.45, 7) is 4.17. The van der Waals surface area contributed by atoms with Crippen LogP contribution >= 0.6 is 11.6 Å². The molecule has 0 fully saturated rings. The Morgan fingerprint density at radius 2 is 2.27 bits per heavy atom. The SMILES string of the molecule is CC(C)Cc1noc(N)c1Cl. The minimum atomic E-state index is 0.210. The monoisotopic (exact) mass is 174 g/mol. The molecule has 0 aliphatic heterocycles. The van der Waals surface area contributed by atoms with Crippen molar-refractivity contribution >= 4 is 17.5 Å². The van der Waals surface area contributed by atoms with Crippen molar-refractivity contribution in [3.8, 4) is 0 Å². The van der Waals surface area contributed by atoms with Crippen molar-refractivity contribution in [3.63, 3.8) is 0 Å². The molecule has 0 aromatic carbocycles. The third-order valence-corrected chi connectivity index (χ3v) is 1.73. The molecule has 2 N–H and O–H groups in total. The van der Waals surface area contributed by atoms with Gasteiger partial charge in [-0.15, -0.1) is 0 Å². The smallest absolute Gasteiger partial charge is 0.241 e. The van der Waals surface area contributed by atoms with E-state index in [9.17, 15) is 0 Å². The Hall–Kier alpha value is -0.700. The Morgan fingerprint density at radius 1 is 1.64 bits per heavy atom. The molecule has 1 rings (SSSR count). The van der Waals surface area contributed by atoms with Crippen LogP contribution in [-0.4, -0.2) is 5.16 Å². The molecule has 1 heterocycles. The van der Waals surface area contributed by atoms with Gasteiger partial charge < -0.3 is 10.3 Å². The maximum atomic E-state index is 5.77. The molecular formula is C7H11ClN2O. The topological polar surface area (TPSA) is 52.0 Å². The number of hydrogen-bond donors (Lipinski definition) is 1. The number of nitrogens with two attached hydrogens (primary N) is 1. The first-order valence-corrected chi connectivity index (χ1v) is 3.88. The van der Waals surface area contributed by atoms with Gasteiger partial charge >= 0.3 is 0 Å². The minimum absolute atomic E-state index is 0.210. The van der Waals surface area contributed by atoms with Gasteiger partial charge in [0.1, 0.15) is 10.7 Å². The van der Waals surface area contributed by atoms with Crippen molar-refractivity contribution in [2.24, 2.45) is 5.92 Å². The summed E-state index contributed by atoms with van der Waals surface area (Å²) in [5.41, 5.74) is 6.10. The van der Waals surface area contributed by atoms with Gasteiger partial charge in [-0.1, -0.05) is 30.6 Å². The van der Waals surface area contributed by atoms with Gasteiger partial charge in [0.25, 0.3) is 0 Å². The van der Waals surface area contributed by atoms with Crippen LogP contribution in [0.15, 0.2) is 4.52 Å². The summed E-state index contributed by atoms with van der Waals surface area (Å²) in [5, 5.41) is 4.18. The van der Waals surface area contributed by atoms with Gasteiger partial charge in [0.2, 0.25) is 5.88 Å². The lowest BCUT2D eigenvalue weighted by atomic mass is 10.1. The molecule has 0 aliphatic rings. The summed E-state index contributed by atoms with van der Waals surface area (Å²) in [4.78, 5) is 0. The van der Waals surface area contributed by atoms with Crippen LogP contribution in [0, 0.1) is 5.92 Å². The Balaban J connectivity index is 2.79. The number of anilines is 1. The van der Waals surface area contributed by atoms with Crippen molar-refractivity contribution in [1.82, 2.24) is 5.16 Å². The van der Waals surface area contributed by atoms with E-state index in [1.165, 1.54) is 0 Å². The summed E-state index contributed by atoms with van der Waals surface area (Å²) in [6, 6.07) is 0. The first kappa shape index (κ1) is 8.40. The molecule has 0 bridgehead atoms. The molecule has 4 heteroatoms. The molecule has 0 amide bonds. The summed E-state index contributed by atoms with van der Waals surface area (Å²) < 4.78 is 4.69. The standard InChI is InChI=1S/C7H11ClN2O/c1-4(2)3-5-6(8)7(9)11-10-5/h4H,3,9H2,1-2H3. The maximum absolute atomic E-state index is 5.77. The van der Waals surface area contributed by atoms with Gasteiger partial charge in [0.15, 0.2) is 0 Å². The molecule has 0 spiro atoms. The zero-order chi connectivity index (χ0) is 8.43. The van der Waals surface area contributed by atoms with Crippen molar-refractivity contribution in [3.05, 3.63) is 10.7 Å². The number of halogens is 1. The van der Waals surface area contributed by atoms with E-state index in [1.54, 1.807) is 0 Å². The van der Waals surface area contributed by atoms with Crippen molar-refractivity contribution < 1.29 is 4.52 Å². The highest BCUT2D eigenvalue weighted by Crippen LogP contribution is 2.24. The number of nitrogens with zero attached hydrogens (tertiary/aromatic N) is 1. The number of rotatable bonds is 2. The van der Waals surface area contributed by atoms with Gasteiger partial charge in [-0.25, -0.2) is 0 Å². The van der Waals surface area contributed by atoms with Gasteiger partial charge in [0.05, 0.1) is 0 Å². The second-order valence-electron chi connectivity index (χ2n) is 2.91. The second-order valence-corrected chi connectivity index (χ2v) is 3.28. The second kappa shape index (κ2) is 3.13. The van der Waals surface area contributed by atoms with Crippen LogP contribution in [0.5, 0.6) is 0 Å². The predicted octanol–water partition coefficient (Wildman–Crippen LogP) is 2.11. The molecule has 1 aromatic rings. The highest BCUT2D eigenvalue weighted by molar-refractivity contribution is 6.33. The van der Waals surface area contributed by atoms with Gasteiger partial charge in [-0.2, -0.15) is 0 Å². The third-order valence-electron chi connectivity index (χ3n) is 1.33. The quantitative estimate of drug-likeness (QED) is 0.747. The normalized spacial score (nSPS) is 10.9. The largest absolute Gasteiger partial charge is 0.366 e. The average molecular weight is 175 g/mol. The van der Waals surface area contributed by atoms with E-state index in [1.807, 2.05) is 0 Å². The van der Waals surface area contributed by atoms with Gasteiger partial charge in [-0.05, 0) is 12.3 Å². The van der Waals surface area contributed by atoms with E-state index >= 15 is 0 Å². The number of aromatic nitrogens is 1. The van der Waals surface area contributed by atoms with E-state index in [4.69, 9.17) is 21.9 Å². The summed E-state index contributed by atoms with van der Waals surface area (Å²) in [5.74, 6) is 0.722. The fourth-order valence-electron chi connectivity index (χ4n) is 0.840. The van der Waals surface area contributed by atoms with Crippen molar-refractivity contribution in [2.45, 2.75) is 20.3 Å². The zero-order valence-corrected chi connectivity index (χ0v) is 7.35. The van der Waals surface area contributed by atoms with Crippen LogP contribution in [-0.2, 0) is 6.42 Å². The number of hydrogen-bond acceptors (Lipinski definition) is 3. The van der Waals surface area contributed by atoms with Crippen LogP contribution in [0.25, 0.3) is 0 Å². The van der Waals surface area contributed by atoms with E-state index in [-0.39, 0.29) is 5.88 Å². The van der Waals surface area contributed by atoms with Crippen LogP contribution in [0.2, 0.25) is 5.02 Å².